The molecule has 0 saturated heterocycles. The minimum Gasteiger partial charge on any atom is -0.313 e. The Kier molecular flexibility index (Phi) is 2.15. The van der Waals surface area contributed by atoms with Gasteiger partial charge in [-0.15, -0.1) is 0 Å². The predicted molar refractivity (Wildman–Crippen MR) is 55.5 cm³/mol. The van der Waals surface area contributed by atoms with Crippen molar-refractivity contribution in [3.05, 3.63) is 16.8 Å². The Morgan fingerprint density at radius 3 is 2.57 bits per heavy atom. The second-order valence-electron chi connectivity index (χ2n) is 3.14. The molecule has 74 valence electrons. The topological polar surface area (TPSA) is 43.6 Å². The first-order valence-corrected chi connectivity index (χ1v) is 4.88. The molecule has 0 bridgehead atoms. The van der Waals surface area contributed by atoms with Crippen LogP contribution in [0.15, 0.2) is 0 Å². The van der Waals surface area contributed by atoms with Gasteiger partial charge in [0.2, 0.25) is 0 Å². The number of hydrogen-bond acceptors (Lipinski definition) is 3. The van der Waals surface area contributed by atoms with Crippen molar-refractivity contribution in [1.82, 2.24) is 19.5 Å². The van der Waals surface area contributed by atoms with Gasteiger partial charge >= 0.3 is 0 Å². The number of fused-ring (bicyclic) bond motifs is 1. The van der Waals surface area contributed by atoms with Crippen LogP contribution in [-0.4, -0.2) is 19.5 Å². The van der Waals surface area contributed by atoms with Crippen molar-refractivity contribution in [2.24, 2.45) is 0 Å². The summed E-state index contributed by atoms with van der Waals surface area (Å²) in [6.07, 6.45) is 0. The van der Waals surface area contributed by atoms with E-state index in [0.29, 0.717) is 16.5 Å². The Bertz CT molecular complexity index is 489. The van der Waals surface area contributed by atoms with Crippen molar-refractivity contribution < 1.29 is 0 Å². The Balaban J connectivity index is 2.87. The van der Waals surface area contributed by atoms with Gasteiger partial charge in [-0.25, -0.2) is 15.0 Å². The maximum absolute atomic E-state index is 5.98. The number of hydrogen-bond donors (Lipinski definition) is 0. The third-order valence-corrected chi connectivity index (χ3v) is 2.43. The molecule has 0 aliphatic heterocycles. The van der Waals surface area contributed by atoms with Gasteiger partial charge in [-0.3, -0.25) is 0 Å². The SMILES string of the molecule is CCn1c(C)nc2c(Cl)nc(C)nc21. The maximum atomic E-state index is 5.98. The predicted octanol–water partition coefficient (Wildman–Crippen LogP) is 2.12. The van der Waals surface area contributed by atoms with E-state index in [4.69, 9.17) is 11.6 Å². The van der Waals surface area contributed by atoms with Crippen LogP contribution in [-0.2, 0) is 6.54 Å². The fraction of sp³-hybridized carbons (Fsp3) is 0.444. The Hall–Kier alpha value is -1.16. The number of nitrogens with zero attached hydrogens (tertiary/aromatic N) is 4. The second-order valence-corrected chi connectivity index (χ2v) is 3.50. The molecule has 4 nitrogen and oxygen atoms in total. The van der Waals surface area contributed by atoms with E-state index in [-0.39, 0.29) is 0 Å². The summed E-state index contributed by atoms with van der Waals surface area (Å²) in [4.78, 5) is 12.7. The fourth-order valence-electron chi connectivity index (χ4n) is 1.56. The zero-order valence-electron chi connectivity index (χ0n) is 8.37. The van der Waals surface area contributed by atoms with Gasteiger partial charge in [-0.1, -0.05) is 11.6 Å². The van der Waals surface area contributed by atoms with Crippen LogP contribution < -0.4 is 0 Å². The first-order valence-electron chi connectivity index (χ1n) is 4.50. The van der Waals surface area contributed by atoms with E-state index >= 15 is 0 Å². The molecular weight excluding hydrogens is 200 g/mol. The average molecular weight is 211 g/mol. The van der Waals surface area contributed by atoms with Crippen LogP contribution in [0.2, 0.25) is 5.15 Å². The molecule has 0 saturated carbocycles. The molecule has 0 aliphatic rings. The Morgan fingerprint density at radius 2 is 1.93 bits per heavy atom. The zero-order chi connectivity index (χ0) is 10.3. The monoisotopic (exact) mass is 210 g/mol. The summed E-state index contributed by atoms with van der Waals surface area (Å²) in [6, 6.07) is 0. The van der Waals surface area contributed by atoms with Crippen molar-refractivity contribution in [1.29, 1.82) is 0 Å². The lowest BCUT2D eigenvalue weighted by Crippen LogP contribution is -1.99. The standard InChI is InChI=1S/C9H11ClN4/c1-4-14-6(3)13-7-8(10)11-5(2)12-9(7)14/h4H2,1-3H3. The smallest absolute Gasteiger partial charge is 0.165 e. The van der Waals surface area contributed by atoms with Gasteiger partial charge in [0.1, 0.15) is 17.2 Å². The molecule has 0 atom stereocenters. The van der Waals surface area contributed by atoms with Gasteiger partial charge in [-0.2, -0.15) is 0 Å². The Labute approximate surface area is 87.0 Å². The quantitative estimate of drug-likeness (QED) is 0.678. The van der Waals surface area contributed by atoms with E-state index in [1.54, 1.807) is 0 Å². The fourth-order valence-corrected chi connectivity index (χ4v) is 1.81. The zero-order valence-corrected chi connectivity index (χ0v) is 9.13. The highest BCUT2D eigenvalue weighted by molar-refractivity contribution is 6.33. The van der Waals surface area contributed by atoms with Crippen LogP contribution in [0.4, 0.5) is 0 Å². The van der Waals surface area contributed by atoms with E-state index < -0.39 is 0 Å². The second kappa shape index (κ2) is 3.20. The maximum Gasteiger partial charge on any atom is 0.165 e. The van der Waals surface area contributed by atoms with Crippen molar-refractivity contribution in [2.45, 2.75) is 27.3 Å². The Morgan fingerprint density at radius 1 is 1.21 bits per heavy atom. The summed E-state index contributed by atoms with van der Waals surface area (Å²) < 4.78 is 2.02. The van der Waals surface area contributed by atoms with Gasteiger partial charge in [0.15, 0.2) is 10.8 Å². The van der Waals surface area contributed by atoms with E-state index in [1.807, 2.05) is 18.4 Å². The molecular formula is C9H11ClN4. The molecule has 0 radical (unpaired) electrons. The number of rotatable bonds is 1. The van der Waals surface area contributed by atoms with Crippen LogP contribution in [0.1, 0.15) is 18.6 Å². The van der Waals surface area contributed by atoms with Gasteiger partial charge in [-0.05, 0) is 20.8 Å². The van der Waals surface area contributed by atoms with E-state index in [1.165, 1.54) is 0 Å². The largest absolute Gasteiger partial charge is 0.313 e. The number of aryl methyl sites for hydroxylation is 3. The molecule has 0 unspecified atom stereocenters. The lowest BCUT2D eigenvalue weighted by atomic mass is 10.5. The third-order valence-electron chi connectivity index (χ3n) is 2.17. The number of halogens is 1. The molecule has 0 spiro atoms. The highest BCUT2D eigenvalue weighted by Crippen LogP contribution is 2.20. The molecule has 14 heavy (non-hydrogen) atoms. The molecule has 2 aromatic heterocycles. The molecule has 2 heterocycles. The highest BCUT2D eigenvalue weighted by Gasteiger charge is 2.11. The first-order chi connectivity index (χ1) is 6.63. The van der Waals surface area contributed by atoms with Crippen LogP contribution in [0.5, 0.6) is 0 Å². The van der Waals surface area contributed by atoms with Gasteiger partial charge < -0.3 is 4.57 Å². The van der Waals surface area contributed by atoms with E-state index in [0.717, 1.165) is 18.0 Å². The molecule has 0 N–H and O–H groups in total. The van der Waals surface area contributed by atoms with Gasteiger partial charge in [0, 0.05) is 6.54 Å². The summed E-state index contributed by atoms with van der Waals surface area (Å²) in [6.45, 7) is 6.67. The third kappa shape index (κ3) is 1.26. The molecule has 0 fully saturated rings. The summed E-state index contributed by atoms with van der Waals surface area (Å²) in [5.74, 6) is 1.60. The average Bonchev–Trinajstić information content (AvgIpc) is 2.41. The van der Waals surface area contributed by atoms with Crippen LogP contribution in [0, 0.1) is 13.8 Å². The summed E-state index contributed by atoms with van der Waals surface area (Å²) >= 11 is 5.98. The van der Waals surface area contributed by atoms with E-state index in [2.05, 4.69) is 21.9 Å². The summed E-state index contributed by atoms with van der Waals surface area (Å²) in [5, 5.41) is 0.433. The van der Waals surface area contributed by atoms with Crippen molar-refractivity contribution in [2.75, 3.05) is 0 Å². The summed E-state index contributed by atoms with van der Waals surface area (Å²) in [7, 11) is 0. The molecule has 0 aromatic carbocycles. The van der Waals surface area contributed by atoms with Crippen LogP contribution in [0.25, 0.3) is 11.2 Å². The first kappa shape index (κ1) is 9.40. The normalized spacial score (nSPS) is 11.1. The van der Waals surface area contributed by atoms with E-state index in [9.17, 15) is 0 Å². The lowest BCUT2D eigenvalue weighted by molar-refractivity contribution is 0.744. The number of imidazole rings is 1. The van der Waals surface area contributed by atoms with Crippen molar-refractivity contribution in [3.8, 4) is 0 Å². The van der Waals surface area contributed by atoms with Crippen LogP contribution >= 0.6 is 11.6 Å². The highest BCUT2D eigenvalue weighted by atomic mass is 35.5. The molecule has 2 aromatic rings. The van der Waals surface area contributed by atoms with Crippen LogP contribution in [0.3, 0.4) is 0 Å². The van der Waals surface area contributed by atoms with Crippen molar-refractivity contribution >= 4 is 22.8 Å². The van der Waals surface area contributed by atoms with Gasteiger partial charge in [0.05, 0.1) is 0 Å². The molecule has 0 amide bonds. The van der Waals surface area contributed by atoms with Crippen molar-refractivity contribution in [3.63, 3.8) is 0 Å². The minimum absolute atomic E-state index is 0.433. The lowest BCUT2D eigenvalue weighted by Gasteiger charge is -2.01. The number of aromatic nitrogens is 4. The van der Waals surface area contributed by atoms with Gasteiger partial charge in [0.25, 0.3) is 0 Å². The molecule has 2 rings (SSSR count). The summed E-state index contributed by atoms with van der Waals surface area (Å²) in [5.41, 5.74) is 1.51. The molecule has 5 heteroatoms. The molecule has 0 aliphatic carbocycles. The minimum atomic E-state index is 0.433.